The highest BCUT2D eigenvalue weighted by atomic mass is 19.4. The summed E-state index contributed by atoms with van der Waals surface area (Å²) in [6, 6.07) is 5.16. The molecule has 1 unspecified atom stereocenters. The molecular weight excluding hydrogens is 263 g/mol. The fourth-order valence-corrected chi connectivity index (χ4v) is 3.13. The highest BCUT2D eigenvalue weighted by Gasteiger charge is 2.34. The lowest BCUT2D eigenvalue weighted by Crippen LogP contribution is -2.18. The van der Waals surface area contributed by atoms with Gasteiger partial charge in [0.25, 0.3) is 0 Å². The Morgan fingerprint density at radius 3 is 2.40 bits per heavy atom. The van der Waals surface area contributed by atoms with E-state index in [2.05, 4.69) is 0 Å². The molecule has 1 fully saturated rings. The number of halogens is 3. The van der Waals surface area contributed by atoms with Gasteiger partial charge < -0.3 is 5.73 Å². The van der Waals surface area contributed by atoms with Crippen LogP contribution in [-0.2, 0) is 6.18 Å². The molecule has 0 saturated heterocycles. The van der Waals surface area contributed by atoms with Crippen molar-refractivity contribution in [2.45, 2.75) is 57.2 Å². The Balaban J connectivity index is 2.00. The normalized spacial score (nSPS) is 19.0. The van der Waals surface area contributed by atoms with Crippen molar-refractivity contribution in [1.82, 2.24) is 0 Å². The van der Waals surface area contributed by atoms with Crippen molar-refractivity contribution >= 4 is 0 Å². The van der Waals surface area contributed by atoms with Gasteiger partial charge in [-0.05, 0) is 30.4 Å². The van der Waals surface area contributed by atoms with Gasteiger partial charge in [-0.2, -0.15) is 13.2 Å². The van der Waals surface area contributed by atoms with E-state index in [-0.39, 0.29) is 5.56 Å². The van der Waals surface area contributed by atoms with Gasteiger partial charge in [0, 0.05) is 6.04 Å². The van der Waals surface area contributed by atoms with Gasteiger partial charge in [0.05, 0.1) is 5.56 Å². The predicted octanol–water partition coefficient (Wildman–Crippen LogP) is 5.07. The van der Waals surface area contributed by atoms with E-state index in [9.17, 15) is 13.2 Å². The second-order valence-corrected chi connectivity index (χ2v) is 5.77. The van der Waals surface area contributed by atoms with Crippen molar-refractivity contribution in [1.29, 1.82) is 0 Å². The lowest BCUT2D eigenvalue weighted by atomic mass is 9.84. The Morgan fingerprint density at radius 1 is 1.10 bits per heavy atom. The second kappa shape index (κ2) is 6.61. The van der Waals surface area contributed by atoms with Crippen LogP contribution >= 0.6 is 0 Å². The van der Waals surface area contributed by atoms with Crippen molar-refractivity contribution in [3.05, 3.63) is 35.4 Å². The molecule has 1 aromatic carbocycles. The van der Waals surface area contributed by atoms with Crippen LogP contribution < -0.4 is 5.73 Å². The molecule has 2 rings (SSSR count). The molecule has 1 aliphatic carbocycles. The molecule has 0 radical (unpaired) electrons. The smallest absolute Gasteiger partial charge is 0.324 e. The van der Waals surface area contributed by atoms with Gasteiger partial charge in [-0.1, -0.05) is 50.3 Å². The number of hydrogen-bond donors (Lipinski definition) is 1. The van der Waals surface area contributed by atoms with Crippen molar-refractivity contribution < 1.29 is 13.2 Å². The minimum Gasteiger partial charge on any atom is -0.324 e. The zero-order valence-electron chi connectivity index (χ0n) is 11.6. The fraction of sp³-hybridized carbons (Fsp3) is 0.625. The van der Waals surface area contributed by atoms with Crippen LogP contribution in [0, 0.1) is 5.92 Å². The molecular formula is C16H22F3N. The lowest BCUT2D eigenvalue weighted by Gasteiger charge is -2.24. The van der Waals surface area contributed by atoms with E-state index in [1.54, 1.807) is 6.07 Å². The maximum atomic E-state index is 12.9. The number of alkyl halides is 3. The molecule has 1 aromatic rings. The monoisotopic (exact) mass is 285 g/mol. The van der Waals surface area contributed by atoms with Crippen molar-refractivity contribution in [2.24, 2.45) is 11.7 Å². The molecule has 0 amide bonds. The summed E-state index contributed by atoms with van der Waals surface area (Å²) >= 11 is 0. The minimum atomic E-state index is -4.32. The van der Waals surface area contributed by atoms with Gasteiger partial charge in [-0.25, -0.2) is 0 Å². The molecule has 112 valence electrons. The molecule has 1 saturated carbocycles. The number of nitrogens with two attached hydrogens (primary N) is 1. The van der Waals surface area contributed by atoms with Crippen LogP contribution in [0.25, 0.3) is 0 Å². The zero-order chi connectivity index (χ0) is 14.6. The van der Waals surface area contributed by atoms with Crippen LogP contribution in [0.4, 0.5) is 13.2 Å². The molecule has 20 heavy (non-hydrogen) atoms. The van der Waals surface area contributed by atoms with E-state index in [1.165, 1.54) is 44.2 Å². The summed E-state index contributed by atoms with van der Waals surface area (Å²) in [7, 11) is 0. The molecule has 0 aromatic heterocycles. The van der Waals surface area contributed by atoms with Gasteiger partial charge in [0.1, 0.15) is 0 Å². The number of hydrogen-bond acceptors (Lipinski definition) is 1. The van der Waals surface area contributed by atoms with Crippen LogP contribution in [0.3, 0.4) is 0 Å². The van der Waals surface area contributed by atoms with Crippen LogP contribution in [0.5, 0.6) is 0 Å². The molecule has 4 heteroatoms. The summed E-state index contributed by atoms with van der Waals surface area (Å²) in [5.41, 5.74) is 5.65. The summed E-state index contributed by atoms with van der Waals surface area (Å²) in [4.78, 5) is 0. The molecule has 0 bridgehead atoms. The Hall–Kier alpha value is -1.03. The average Bonchev–Trinajstić information content (AvgIpc) is 2.45. The summed E-state index contributed by atoms with van der Waals surface area (Å²) in [5, 5.41) is 0. The maximum Gasteiger partial charge on any atom is 0.416 e. The zero-order valence-corrected chi connectivity index (χ0v) is 11.6. The van der Waals surface area contributed by atoms with E-state index < -0.39 is 17.8 Å². The molecule has 2 N–H and O–H groups in total. The van der Waals surface area contributed by atoms with Gasteiger partial charge >= 0.3 is 6.18 Å². The van der Waals surface area contributed by atoms with Gasteiger partial charge in [0.2, 0.25) is 0 Å². The van der Waals surface area contributed by atoms with E-state index >= 15 is 0 Å². The lowest BCUT2D eigenvalue weighted by molar-refractivity contribution is -0.138. The Labute approximate surface area is 118 Å². The first-order valence-electron chi connectivity index (χ1n) is 7.40. The maximum absolute atomic E-state index is 12.9. The van der Waals surface area contributed by atoms with E-state index in [0.29, 0.717) is 12.3 Å². The van der Waals surface area contributed by atoms with Crippen molar-refractivity contribution in [3.63, 3.8) is 0 Å². The standard InChI is InChI=1S/C16H22F3N/c17-16(18,19)14-9-5-4-8-13(14)15(20)11-10-12-6-2-1-3-7-12/h4-5,8-9,12,15H,1-3,6-7,10-11,20H2. The third-order valence-electron chi connectivity index (χ3n) is 4.28. The van der Waals surface area contributed by atoms with E-state index in [4.69, 9.17) is 5.73 Å². The summed E-state index contributed by atoms with van der Waals surface area (Å²) in [5.74, 6) is 0.646. The Morgan fingerprint density at radius 2 is 1.75 bits per heavy atom. The largest absolute Gasteiger partial charge is 0.416 e. The summed E-state index contributed by atoms with van der Waals surface area (Å²) in [6.07, 6.45) is 3.45. The van der Waals surface area contributed by atoms with E-state index in [1.807, 2.05) is 0 Å². The molecule has 0 aliphatic heterocycles. The first-order valence-corrected chi connectivity index (χ1v) is 7.40. The second-order valence-electron chi connectivity index (χ2n) is 5.77. The topological polar surface area (TPSA) is 26.0 Å². The fourth-order valence-electron chi connectivity index (χ4n) is 3.13. The predicted molar refractivity (Wildman–Crippen MR) is 74.2 cm³/mol. The molecule has 0 spiro atoms. The quantitative estimate of drug-likeness (QED) is 0.821. The Bertz CT molecular complexity index is 422. The first-order chi connectivity index (χ1) is 9.48. The summed E-state index contributed by atoms with van der Waals surface area (Å²) < 4.78 is 38.8. The van der Waals surface area contributed by atoms with Crippen molar-refractivity contribution in [2.75, 3.05) is 0 Å². The first kappa shape index (κ1) is 15.4. The third kappa shape index (κ3) is 3.98. The number of benzene rings is 1. The van der Waals surface area contributed by atoms with Crippen molar-refractivity contribution in [3.8, 4) is 0 Å². The minimum absolute atomic E-state index is 0.232. The van der Waals surface area contributed by atoms with Gasteiger partial charge in [-0.15, -0.1) is 0 Å². The number of rotatable bonds is 4. The highest BCUT2D eigenvalue weighted by Crippen LogP contribution is 2.36. The molecule has 1 atom stereocenters. The Kier molecular flexibility index (Phi) is 5.08. The SMILES string of the molecule is NC(CCC1CCCCC1)c1ccccc1C(F)(F)F. The van der Waals surface area contributed by atoms with Crippen LogP contribution in [0.1, 0.15) is 62.1 Å². The van der Waals surface area contributed by atoms with Crippen LogP contribution in [0.2, 0.25) is 0 Å². The molecule has 0 heterocycles. The van der Waals surface area contributed by atoms with Gasteiger partial charge in [0.15, 0.2) is 0 Å². The van der Waals surface area contributed by atoms with Crippen LogP contribution in [-0.4, -0.2) is 0 Å². The van der Waals surface area contributed by atoms with Gasteiger partial charge in [-0.3, -0.25) is 0 Å². The van der Waals surface area contributed by atoms with E-state index in [0.717, 1.165) is 12.5 Å². The third-order valence-corrected chi connectivity index (χ3v) is 4.28. The summed E-state index contributed by atoms with van der Waals surface area (Å²) in [6.45, 7) is 0. The van der Waals surface area contributed by atoms with Crippen LogP contribution in [0.15, 0.2) is 24.3 Å². The average molecular weight is 285 g/mol. The molecule has 1 aliphatic rings. The molecule has 1 nitrogen and oxygen atoms in total. The highest BCUT2D eigenvalue weighted by molar-refractivity contribution is 5.32.